The summed E-state index contributed by atoms with van der Waals surface area (Å²) in [5.41, 5.74) is 1.08. The number of carbonyl (C=O) groups excluding carboxylic acids is 1. The van der Waals surface area contributed by atoms with Gasteiger partial charge in [-0.2, -0.15) is 0 Å². The van der Waals surface area contributed by atoms with Crippen LogP contribution >= 0.6 is 11.3 Å². The molecule has 24 heavy (non-hydrogen) atoms. The first kappa shape index (κ1) is 14.7. The second-order valence-corrected chi connectivity index (χ2v) is 6.42. The lowest BCUT2D eigenvalue weighted by atomic mass is 10.2. The Morgan fingerprint density at radius 3 is 2.96 bits per heavy atom. The zero-order valence-corrected chi connectivity index (χ0v) is 13.8. The number of amides is 1. The molecule has 1 amide bonds. The molecular formula is C16H13N3O4S. The first-order valence-corrected chi connectivity index (χ1v) is 8.02. The molecule has 0 radical (unpaired) electrons. The van der Waals surface area contributed by atoms with Crippen molar-refractivity contribution >= 4 is 33.1 Å². The van der Waals surface area contributed by atoms with Crippen LogP contribution in [-0.4, -0.2) is 22.3 Å². The molecule has 1 N–H and O–H groups in total. The van der Waals surface area contributed by atoms with E-state index in [4.69, 9.17) is 9.47 Å². The summed E-state index contributed by atoms with van der Waals surface area (Å²) in [7, 11) is 1.64. The smallest absolute Gasteiger partial charge is 0.266 e. The summed E-state index contributed by atoms with van der Waals surface area (Å²) < 4.78 is 12.0. The Morgan fingerprint density at radius 1 is 1.33 bits per heavy atom. The van der Waals surface area contributed by atoms with Crippen LogP contribution in [0.25, 0.3) is 10.2 Å². The van der Waals surface area contributed by atoms with Crippen LogP contribution < -0.4 is 20.3 Å². The van der Waals surface area contributed by atoms with Gasteiger partial charge in [0.25, 0.3) is 11.5 Å². The van der Waals surface area contributed by atoms with Crippen molar-refractivity contribution in [3.05, 3.63) is 45.3 Å². The quantitative estimate of drug-likeness (QED) is 0.772. The van der Waals surface area contributed by atoms with Crippen molar-refractivity contribution in [3.8, 4) is 11.5 Å². The fourth-order valence-electron chi connectivity index (χ4n) is 2.59. The van der Waals surface area contributed by atoms with E-state index in [2.05, 4.69) is 10.3 Å². The number of nitrogens with zero attached hydrogens (tertiary/aromatic N) is 2. The lowest BCUT2D eigenvalue weighted by molar-refractivity contribution is 0.103. The molecule has 1 aliphatic heterocycles. The molecule has 0 saturated heterocycles. The monoisotopic (exact) mass is 343 g/mol. The molecule has 3 heterocycles. The van der Waals surface area contributed by atoms with Crippen LogP contribution in [0, 0.1) is 6.92 Å². The number of benzene rings is 1. The Morgan fingerprint density at radius 2 is 2.12 bits per heavy atom. The topological polar surface area (TPSA) is 82.4 Å². The second kappa shape index (κ2) is 5.34. The van der Waals surface area contributed by atoms with Gasteiger partial charge in [-0.3, -0.25) is 9.59 Å². The number of aromatic nitrogens is 2. The van der Waals surface area contributed by atoms with E-state index in [1.54, 1.807) is 32.2 Å². The molecule has 1 aromatic carbocycles. The average molecular weight is 343 g/mol. The largest absolute Gasteiger partial charge is 0.454 e. The molecule has 0 aliphatic carbocycles. The van der Waals surface area contributed by atoms with E-state index in [1.165, 1.54) is 22.2 Å². The minimum absolute atomic E-state index is 0.157. The van der Waals surface area contributed by atoms with Crippen LogP contribution in [0.5, 0.6) is 11.5 Å². The van der Waals surface area contributed by atoms with Gasteiger partial charge in [0.15, 0.2) is 11.5 Å². The summed E-state index contributed by atoms with van der Waals surface area (Å²) in [5.74, 6) is 0.964. The highest BCUT2D eigenvalue weighted by Gasteiger charge is 2.20. The highest BCUT2D eigenvalue weighted by molar-refractivity contribution is 7.20. The van der Waals surface area contributed by atoms with E-state index in [0.29, 0.717) is 37.8 Å². The third-order valence-electron chi connectivity index (χ3n) is 3.85. The maximum absolute atomic E-state index is 12.6. The summed E-state index contributed by atoms with van der Waals surface area (Å²) in [6.07, 6.45) is 1.46. The number of anilines is 1. The molecule has 1 aliphatic rings. The Labute approximate surface area is 140 Å². The summed E-state index contributed by atoms with van der Waals surface area (Å²) in [6.45, 7) is 1.94. The van der Waals surface area contributed by atoms with Crippen molar-refractivity contribution in [1.29, 1.82) is 0 Å². The van der Waals surface area contributed by atoms with Crippen LogP contribution in [0.1, 0.15) is 15.2 Å². The Balaban J connectivity index is 1.70. The number of nitrogens with one attached hydrogen (secondary N) is 1. The minimum Gasteiger partial charge on any atom is -0.454 e. The fraction of sp³-hybridized carbons (Fsp3) is 0.188. The number of ether oxygens (including phenoxy) is 2. The molecule has 7 nitrogen and oxygen atoms in total. The normalized spacial score (nSPS) is 12.6. The van der Waals surface area contributed by atoms with Gasteiger partial charge in [-0.1, -0.05) is 0 Å². The number of carbonyl (C=O) groups is 1. The third-order valence-corrected chi connectivity index (χ3v) is 5.05. The van der Waals surface area contributed by atoms with E-state index >= 15 is 0 Å². The zero-order chi connectivity index (χ0) is 16.8. The van der Waals surface area contributed by atoms with Gasteiger partial charge in [-0.15, -0.1) is 11.3 Å². The lowest BCUT2D eigenvalue weighted by Gasteiger charge is -2.05. The van der Waals surface area contributed by atoms with Gasteiger partial charge in [-0.05, 0) is 24.6 Å². The predicted octanol–water partition coefficient (Wildman–Crippen LogP) is 2.28. The minimum atomic E-state index is -0.281. The van der Waals surface area contributed by atoms with Crippen molar-refractivity contribution < 1.29 is 14.3 Å². The van der Waals surface area contributed by atoms with Crippen LogP contribution in [0.3, 0.4) is 0 Å². The summed E-state index contributed by atoms with van der Waals surface area (Å²) in [6, 6.07) is 5.19. The molecule has 0 spiro atoms. The van der Waals surface area contributed by atoms with Crippen molar-refractivity contribution in [3.63, 3.8) is 0 Å². The van der Waals surface area contributed by atoms with Crippen molar-refractivity contribution in [2.45, 2.75) is 6.92 Å². The zero-order valence-electron chi connectivity index (χ0n) is 13.0. The Bertz CT molecular complexity index is 1040. The van der Waals surface area contributed by atoms with E-state index in [1.807, 2.05) is 0 Å². The van der Waals surface area contributed by atoms with Crippen LogP contribution in [0.2, 0.25) is 0 Å². The summed E-state index contributed by atoms with van der Waals surface area (Å²) in [5, 5.41) is 3.31. The number of hydrogen-bond acceptors (Lipinski definition) is 6. The average Bonchev–Trinajstić information content (AvgIpc) is 3.15. The summed E-state index contributed by atoms with van der Waals surface area (Å²) >= 11 is 1.21. The van der Waals surface area contributed by atoms with E-state index in [-0.39, 0.29) is 18.3 Å². The van der Waals surface area contributed by atoms with E-state index in [0.717, 1.165) is 0 Å². The highest BCUT2D eigenvalue weighted by Crippen LogP contribution is 2.35. The highest BCUT2D eigenvalue weighted by atomic mass is 32.1. The fourth-order valence-corrected chi connectivity index (χ4v) is 3.62. The molecule has 0 bridgehead atoms. The molecule has 0 unspecified atom stereocenters. The lowest BCUT2D eigenvalue weighted by Crippen LogP contribution is -2.17. The van der Waals surface area contributed by atoms with Crippen LogP contribution in [-0.2, 0) is 7.05 Å². The second-order valence-electron chi connectivity index (χ2n) is 5.42. The van der Waals surface area contributed by atoms with Crippen LogP contribution in [0.15, 0.2) is 29.3 Å². The van der Waals surface area contributed by atoms with Gasteiger partial charge in [0.05, 0.1) is 16.6 Å². The molecule has 122 valence electrons. The first-order chi connectivity index (χ1) is 11.5. The van der Waals surface area contributed by atoms with E-state index in [9.17, 15) is 9.59 Å². The standard InChI is InChI=1S/C16H13N3O4S/c1-8-12-15(17-6-19(2)16(12)21)24-13(8)14(20)18-9-3-4-10-11(5-9)23-7-22-10/h3-6H,7H2,1-2H3,(H,18,20). The molecule has 0 atom stereocenters. The number of fused-ring (bicyclic) bond motifs is 2. The van der Waals surface area contributed by atoms with E-state index < -0.39 is 0 Å². The van der Waals surface area contributed by atoms with Gasteiger partial charge in [-0.25, -0.2) is 4.98 Å². The van der Waals surface area contributed by atoms with Gasteiger partial charge >= 0.3 is 0 Å². The first-order valence-electron chi connectivity index (χ1n) is 7.20. The molecule has 4 rings (SSSR count). The molecule has 0 saturated carbocycles. The molecule has 3 aromatic rings. The molecular weight excluding hydrogens is 330 g/mol. The van der Waals surface area contributed by atoms with Crippen molar-refractivity contribution in [1.82, 2.24) is 9.55 Å². The Kier molecular flexibility index (Phi) is 3.27. The van der Waals surface area contributed by atoms with Crippen LogP contribution in [0.4, 0.5) is 5.69 Å². The predicted molar refractivity (Wildman–Crippen MR) is 90.1 cm³/mol. The maximum Gasteiger partial charge on any atom is 0.266 e. The molecule has 2 aromatic heterocycles. The SMILES string of the molecule is Cc1c(C(=O)Nc2ccc3c(c2)OCO3)sc2ncn(C)c(=O)c12. The number of aryl methyl sites for hydroxylation is 2. The van der Waals surface area contributed by atoms with Gasteiger partial charge in [0.1, 0.15) is 4.83 Å². The van der Waals surface area contributed by atoms with Crippen molar-refractivity contribution in [2.24, 2.45) is 7.05 Å². The van der Waals surface area contributed by atoms with Gasteiger partial charge in [0.2, 0.25) is 6.79 Å². The third kappa shape index (κ3) is 2.23. The summed E-state index contributed by atoms with van der Waals surface area (Å²) in [4.78, 5) is 30.1. The van der Waals surface area contributed by atoms with Crippen molar-refractivity contribution in [2.75, 3.05) is 12.1 Å². The Hall–Kier alpha value is -2.87. The van der Waals surface area contributed by atoms with Gasteiger partial charge in [0, 0.05) is 18.8 Å². The number of thiophene rings is 1. The molecule has 0 fully saturated rings. The van der Waals surface area contributed by atoms with Gasteiger partial charge < -0.3 is 19.4 Å². The number of hydrogen-bond donors (Lipinski definition) is 1. The molecule has 8 heteroatoms. The number of rotatable bonds is 2. The maximum atomic E-state index is 12.6.